The van der Waals surface area contributed by atoms with Crippen molar-refractivity contribution in [3.8, 4) is 0 Å². The predicted octanol–water partition coefficient (Wildman–Crippen LogP) is 3.03. The quantitative estimate of drug-likeness (QED) is 0.622. The van der Waals surface area contributed by atoms with Crippen molar-refractivity contribution in [3.05, 3.63) is 39.9 Å². The number of nitrogens with zero attached hydrogens (tertiary/aromatic N) is 1. The number of aliphatic carboxylic acids is 1. The molecule has 1 rings (SSSR count). The van der Waals surface area contributed by atoms with Crippen molar-refractivity contribution in [1.29, 1.82) is 0 Å². The number of rotatable bonds is 6. The molecule has 18 heavy (non-hydrogen) atoms. The van der Waals surface area contributed by atoms with Gasteiger partial charge in [0.2, 0.25) is 0 Å². The molecule has 0 aromatic heterocycles. The van der Waals surface area contributed by atoms with E-state index in [1.807, 2.05) is 13.8 Å². The Hall–Kier alpha value is -1.91. The third-order valence-electron chi connectivity index (χ3n) is 3.50. The lowest BCUT2D eigenvalue weighted by Crippen LogP contribution is -2.32. The van der Waals surface area contributed by atoms with Crippen molar-refractivity contribution in [3.63, 3.8) is 0 Å². The highest BCUT2D eigenvalue weighted by atomic mass is 16.6. The maximum Gasteiger partial charge on any atom is 0.309 e. The van der Waals surface area contributed by atoms with Crippen LogP contribution in [-0.2, 0) is 11.2 Å². The molecule has 0 unspecified atom stereocenters. The molecule has 0 bridgehead atoms. The maximum absolute atomic E-state index is 11.4. The summed E-state index contributed by atoms with van der Waals surface area (Å²) in [5, 5.41) is 19.8. The van der Waals surface area contributed by atoms with Gasteiger partial charge in [0, 0.05) is 12.1 Å². The Morgan fingerprint density at radius 1 is 1.28 bits per heavy atom. The zero-order valence-corrected chi connectivity index (χ0v) is 10.5. The number of carboxylic acids is 1. The second-order valence-electron chi connectivity index (χ2n) is 4.39. The topological polar surface area (TPSA) is 80.4 Å². The zero-order valence-electron chi connectivity index (χ0n) is 10.5. The molecule has 0 saturated carbocycles. The van der Waals surface area contributed by atoms with Crippen LogP contribution in [0.3, 0.4) is 0 Å². The van der Waals surface area contributed by atoms with Gasteiger partial charge < -0.3 is 5.11 Å². The number of nitro benzene ring substituents is 1. The van der Waals surface area contributed by atoms with Crippen LogP contribution < -0.4 is 0 Å². The van der Waals surface area contributed by atoms with Crippen LogP contribution >= 0.6 is 0 Å². The van der Waals surface area contributed by atoms with Gasteiger partial charge in [-0.05, 0) is 24.8 Å². The summed E-state index contributed by atoms with van der Waals surface area (Å²) in [6, 6.07) is 6.07. The van der Waals surface area contributed by atoms with Gasteiger partial charge >= 0.3 is 5.97 Å². The van der Waals surface area contributed by atoms with E-state index >= 15 is 0 Å². The van der Waals surface area contributed by atoms with Gasteiger partial charge in [-0.25, -0.2) is 0 Å². The van der Waals surface area contributed by atoms with E-state index in [-0.39, 0.29) is 5.69 Å². The standard InChI is InChI=1S/C13H17NO4/c1-3-13(4-2,12(15)16)9-10-5-7-11(8-6-10)14(17)18/h5-8H,3-4,9H2,1-2H3,(H,15,16). The summed E-state index contributed by atoms with van der Waals surface area (Å²) in [5.74, 6) is -0.814. The molecule has 0 aliphatic rings. The van der Waals surface area contributed by atoms with E-state index in [4.69, 9.17) is 0 Å². The first-order chi connectivity index (χ1) is 8.45. The molecule has 1 N–H and O–H groups in total. The van der Waals surface area contributed by atoms with Crippen molar-refractivity contribution >= 4 is 11.7 Å². The molecular formula is C13H17NO4. The molecule has 0 heterocycles. The zero-order chi connectivity index (χ0) is 13.8. The highest BCUT2D eigenvalue weighted by Crippen LogP contribution is 2.31. The Balaban J connectivity index is 2.95. The molecular weight excluding hydrogens is 234 g/mol. The van der Waals surface area contributed by atoms with Crippen molar-refractivity contribution in [2.75, 3.05) is 0 Å². The van der Waals surface area contributed by atoms with E-state index in [0.29, 0.717) is 19.3 Å². The number of carbonyl (C=O) groups is 1. The van der Waals surface area contributed by atoms with E-state index in [2.05, 4.69) is 0 Å². The van der Waals surface area contributed by atoms with Crippen LogP contribution in [0.5, 0.6) is 0 Å². The van der Waals surface area contributed by atoms with Gasteiger partial charge in [0.1, 0.15) is 0 Å². The number of hydrogen-bond donors (Lipinski definition) is 1. The molecule has 1 aromatic carbocycles. The Labute approximate surface area is 106 Å². The van der Waals surface area contributed by atoms with Crippen LogP contribution in [0.15, 0.2) is 24.3 Å². The Morgan fingerprint density at radius 3 is 2.11 bits per heavy atom. The maximum atomic E-state index is 11.4. The Kier molecular flexibility index (Phi) is 4.42. The molecule has 98 valence electrons. The molecule has 0 radical (unpaired) electrons. The summed E-state index contributed by atoms with van der Waals surface area (Å²) in [4.78, 5) is 21.4. The van der Waals surface area contributed by atoms with Gasteiger partial charge in [0.25, 0.3) is 5.69 Å². The van der Waals surface area contributed by atoms with E-state index < -0.39 is 16.3 Å². The first-order valence-electron chi connectivity index (χ1n) is 5.92. The third-order valence-corrected chi connectivity index (χ3v) is 3.50. The monoisotopic (exact) mass is 251 g/mol. The third kappa shape index (κ3) is 2.85. The molecule has 0 fully saturated rings. The number of non-ortho nitro benzene ring substituents is 1. The molecule has 0 spiro atoms. The summed E-state index contributed by atoms with van der Waals surface area (Å²) in [6.07, 6.45) is 1.47. The minimum absolute atomic E-state index is 0.0210. The highest BCUT2D eigenvalue weighted by Gasteiger charge is 2.34. The Bertz CT molecular complexity index is 435. The summed E-state index contributed by atoms with van der Waals surface area (Å²) in [5.41, 5.74) is 0.0511. The van der Waals surface area contributed by atoms with Crippen LogP contribution in [-0.4, -0.2) is 16.0 Å². The number of hydrogen-bond acceptors (Lipinski definition) is 3. The van der Waals surface area contributed by atoms with E-state index in [1.165, 1.54) is 12.1 Å². The second-order valence-corrected chi connectivity index (χ2v) is 4.39. The first kappa shape index (κ1) is 14.2. The minimum Gasteiger partial charge on any atom is -0.481 e. The molecule has 0 saturated heterocycles. The van der Waals surface area contributed by atoms with Crippen LogP contribution in [0.4, 0.5) is 5.69 Å². The first-order valence-corrected chi connectivity index (χ1v) is 5.92. The fourth-order valence-electron chi connectivity index (χ4n) is 2.00. The highest BCUT2D eigenvalue weighted by molar-refractivity contribution is 5.75. The summed E-state index contributed by atoms with van der Waals surface area (Å²) >= 11 is 0. The van der Waals surface area contributed by atoms with Crippen LogP contribution in [0.25, 0.3) is 0 Å². The van der Waals surface area contributed by atoms with E-state index in [0.717, 1.165) is 5.56 Å². The normalized spacial score (nSPS) is 11.2. The largest absolute Gasteiger partial charge is 0.481 e. The average molecular weight is 251 g/mol. The SMILES string of the molecule is CCC(CC)(Cc1ccc([N+](=O)[O-])cc1)C(=O)O. The molecule has 1 aromatic rings. The van der Waals surface area contributed by atoms with Gasteiger partial charge in [0.05, 0.1) is 10.3 Å². The van der Waals surface area contributed by atoms with Gasteiger partial charge in [-0.3, -0.25) is 14.9 Å². The molecule has 5 heteroatoms. The lowest BCUT2D eigenvalue weighted by Gasteiger charge is -2.26. The van der Waals surface area contributed by atoms with Crippen LogP contribution in [0.1, 0.15) is 32.3 Å². The fraction of sp³-hybridized carbons (Fsp3) is 0.462. The summed E-state index contributed by atoms with van der Waals surface area (Å²) in [6.45, 7) is 3.70. The van der Waals surface area contributed by atoms with Gasteiger partial charge in [-0.2, -0.15) is 0 Å². The Morgan fingerprint density at radius 2 is 1.78 bits per heavy atom. The van der Waals surface area contributed by atoms with Gasteiger partial charge in [-0.15, -0.1) is 0 Å². The number of benzene rings is 1. The lowest BCUT2D eigenvalue weighted by atomic mass is 9.77. The van der Waals surface area contributed by atoms with Crippen molar-refractivity contribution < 1.29 is 14.8 Å². The molecule has 0 aliphatic carbocycles. The lowest BCUT2D eigenvalue weighted by molar-refractivity contribution is -0.384. The van der Waals surface area contributed by atoms with Gasteiger partial charge in [0.15, 0.2) is 0 Å². The number of carboxylic acid groups (broad SMARTS) is 1. The fourth-order valence-corrected chi connectivity index (χ4v) is 2.00. The van der Waals surface area contributed by atoms with Crippen molar-refractivity contribution in [2.45, 2.75) is 33.1 Å². The molecule has 0 atom stereocenters. The smallest absolute Gasteiger partial charge is 0.309 e. The number of nitro groups is 1. The van der Waals surface area contributed by atoms with Crippen LogP contribution in [0.2, 0.25) is 0 Å². The molecule has 0 amide bonds. The molecule has 0 aliphatic heterocycles. The predicted molar refractivity (Wildman–Crippen MR) is 67.5 cm³/mol. The average Bonchev–Trinajstić information content (AvgIpc) is 2.36. The van der Waals surface area contributed by atoms with Gasteiger partial charge in [-0.1, -0.05) is 26.0 Å². The summed E-state index contributed by atoms with van der Waals surface area (Å²) in [7, 11) is 0. The summed E-state index contributed by atoms with van der Waals surface area (Å²) < 4.78 is 0. The van der Waals surface area contributed by atoms with E-state index in [1.54, 1.807) is 12.1 Å². The van der Waals surface area contributed by atoms with E-state index in [9.17, 15) is 20.0 Å². The molecule has 5 nitrogen and oxygen atoms in total. The minimum atomic E-state index is -0.814. The van der Waals surface area contributed by atoms with Crippen molar-refractivity contribution in [2.24, 2.45) is 5.41 Å². The second kappa shape index (κ2) is 5.62. The van der Waals surface area contributed by atoms with Crippen LogP contribution in [0, 0.1) is 15.5 Å². The van der Waals surface area contributed by atoms with Crippen molar-refractivity contribution in [1.82, 2.24) is 0 Å².